The fraction of sp³-hybridized carbons (Fsp3) is 0.261. The van der Waals surface area contributed by atoms with E-state index in [2.05, 4.69) is 20.3 Å². The van der Waals surface area contributed by atoms with E-state index in [4.69, 9.17) is 4.74 Å². The number of rotatable bonds is 6. The van der Waals surface area contributed by atoms with Gasteiger partial charge >= 0.3 is 0 Å². The number of aryl methyl sites for hydroxylation is 1. The SMILES string of the molecule is COc1ccccc1CNC(=O)CN1CCCc2nc(-c3ccncc3)ncc2C1=O. The van der Waals surface area contributed by atoms with Gasteiger partial charge in [-0.2, -0.15) is 0 Å². The van der Waals surface area contributed by atoms with E-state index >= 15 is 0 Å². The van der Waals surface area contributed by atoms with Crippen molar-refractivity contribution in [2.24, 2.45) is 0 Å². The molecule has 2 amide bonds. The Balaban J connectivity index is 1.44. The minimum Gasteiger partial charge on any atom is -0.496 e. The van der Waals surface area contributed by atoms with Crippen LogP contribution in [0.15, 0.2) is 55.0 Å². The number of ether oxygens (including phenoxy) is 1. The molecule has 4 rings (SSSR count). The molecule has 0 fully saturated rings. The molecule has 158 valence electrons. The zero-order chi connectivity index (χ0) is 21.6. The largest absolute Gasteiger partial charge is 0.496 e. The van der Waals surface area contributed by atoms with E-state index in [1.807, 2.05) is 36.4 Å². The smallest absolute Gasteiger partial charge is 0.257 e. The molecule has 8 heteroatoms. The van der Waals surface area contributed by atoms with Crippen LogP contribution in [0.5, 0.6) is 5.75 Å². The van der Waals surface area contributed by atoms with E-state index in [1.54, 1.807) is 30.6 Å². The first kappa shape index (κ1) is 20.5. The van der Waals surface area contributed by atoms with Gasteiger partial charge in [-0.05, 0) is 31.0 Å². The van der Waals surface area contributed by atoms with Gasteiger partial charge in [0.2, 0.25) is 5.91 Å². The highest BCUT2D eigenvalue weighted by molar-refractivity contribution is 5.97. The van der Waals surface area contributed by atoms with Gasteiger partial charge in [0.1, 0.15) is 5.75 Å². The third kappa shape index (κ3) is 4.69. The number of hydrogen-bond acceptors (Lipinski definition) is 6. The van der Waals surface area contributed by atoms with Gasteiger partial charge < -0.3 is 15.0 Å². The number of carbonyl (C=O) groups excluding carboxylic acids is 2. The standard InChI is InChI=1S/C23H23N5O3/c1-31-20-7-3-2-5-17(20)13-25-21(29)15-28-12-4-6-19-18(23(28)30)14-26-22(27-19)16-8-10-24-11-9-16/h2-3,5,7-11,14H,4,6,12-13,15H2,1H3,(H,25,29). The van der Waals surface area contributed by atoms with Gasteiger partial charge in [-0.1, -0.05) is 18.2 Å². The number of nitrogens with zero attached hydrogens (tertiary/aromatic N) is 4. The van der Waals surface area contributed by atoms with Crippen LogP contribution in [0.25, 0.3) is 11.4 Å². The summed E-state index contributed by atoms with van der Waals surface area (Å²) in [5.74, 6) is 0.833. The molecule has 0 unspecified atom stereocenters. The summed E-state index contributed by atoms with van der Waals surface area (Å²) in [5, 5.41) is 2.87. The molecule has 3 aromatic rings. The Morgan fingerprint density at radius 2 is 2.00 bits per heavy atom. The number of carbonyl (C=O) groups is 2. The molecule has 0 radical (unpaired) electrons. The summed E-state index contributed by atoms with van der Waals surface area (Å²) in [6.07, 6.45) is 6.31. The van der Waals surface area contributed by atoms with E-state index in [9.17, 15) is 9.59 Å². The van der Waals surface area contributed by atoms with Gasteiger partial charge in [-0.15, -0.1) is 0 Å². The summed E-state index contributed by atoms with van der Waals surface area (Å²) in [6, 6.07) is 11.2. The molecule has 1 N–H and O–H groups in total. The number of pyridine rings is 1. The molecule has 0 saturated heterocycles. The lowest BCUT2D eigenvalue weighted by Gasteiger charge is -2.20. The first-order valence-corrected chi connectivity index (χ1v) is 10.1. The minimum atomic E-state index is -0.225. The number of methoxy groups -OCH3 is 1. The van der Waals surface area contributed by atoms with Gasteiger partial charge in [0.25, 0.3) is 5.91 Å². The third-order valence-corrected chi connectivity index (χ3v) is 5.17. The minimum absolute atomic E-state index is 0.0144. The number of para-hydroxylation sites is 1. The van der Waals surface area contributed by atoms with Crippen molar-refractivity contribution >= 4 is 11.8 Å². The molecule has 31 heavy (non-hydrogen) atoms. The predicted molar refractivity (Wildman–Crippen MR) is 114 cm³/mol. The fourth-order valence-corrected chi connectivity index (χ4v) is 3.56. The van der Waals surface area contributed by atoms with Gasteiger partial charge in [-0.25, -0.2) is 9.97 Å². The highest BCUT2D eigenvalue weighted by Crippen LogP contribution is 2.21. The first-order valence-electron chi connectivity index (χ1n) is 10.1. The van der Waals surface area contributed by atoms with Crippen LogP contribution in [0.4, 0.5) is 0 Å². The van der Waals surface area contributed by atoms with Crippen LogP contribution in [0.2, 0.25) is 0 Å². The van der Waals surface area contributed by atoms with Crippen LogP contribution in [-0.2, 0) is 17.8 Å². The van der Waals surface area contributed by atoms with E-state index in [0.29, 0.717) is 42.3 Å². The van der Waals surface area contributed by atoms with Gasteiger partial charge in [0, 0.05) is 42.8 Å². The number of nitrogens with one attached hydrogen (secondary N) is 1. The van der Waals surface area contributed by atoms with Crippen molar-refractivity contribution in [2.75, 3.05) is 20.2 Å². The van der Waals surface area contributed by atoms with Crippen LogP contribution < -0.4 is 10.1 Å². The Labute approximate surface area is 180 Å². The molecular weight excluding hydrogens is 394 g/mol. The van der Waals surface area contributed by atoms with Crippen molar-refractivity contribution in [1.82, 2.24) is 25.2 Å². The molecular formula is C23H23N5O3. The average Bonchev–Trinajstić information content (AvgIpc) is 2.96. The average molecular weight is 417 g/mol. The summed E-state index contributed by atoms with van der Waals surface area (Å²) in [4.78, 5) is 40.1. The molecule has 2 aromatic heterocycles. The molecule has 0 aliphatic carbocycles. The molecule has 1 aliphatic rings. The summed E-state index contributed by atoms with van der Waals surface area (Å²) in [7, 11) is 1.59. The molecule has 0 bridgehead atoms. The van der Waals surface area contributed by atoms with Crippen molar-refractivity contribution < 1.29 is 14.3 Å². The number of benzene rings is 1. The van der Waals surface area contributed by atoms with Gasteiger partial charge in [0.15, 0.2) is 5.82 Å². The normalized spacial score (nSPS) is 13.3. The quantitative estimate of drug-likeness (QED) is 0.661. The summed E-state index contributed by atoms with van der Waals surface area (Å²) >= 11 is 0. The van der Waals surface area contributed by atoms with E-state index in [1.165, 1.54) is 0 Å². The van der Waals surface area contributed by atoms with Crippen molar-refractivity contribution in [2.45, 2.75) is 19.4 Å². The molecule has 0 atom stereocenters. The van der Waals surface area contributed by atoms with E-state index in [0.717, 1.165) is 17.5 Å². The Morgan fingerprint density at radius 3 is 2.81 bits per heavy atom. The van der Waals surface area contributed by atoms with Crippen LogP contribution in [-0.4, -0.2) is 51.9 Å². The highest BCUT2D eigenvalue weighted by Gasteiger charge is 2.26. The molecule has 8 nitrogen and oxygen atoms in total. The van der Waals surface area contributed by atoms with Crippen molar-refractivity contribution in [3.63, 3.8) is 0 Å². The number of fused-ring (bicyclic) bond motifs is 1. The monoisotopic (exact) mass is 417 g/mol. The first-order chi connectivity index (χ1) is 15.2. The highest BCUT2D eigenvalue weighted by atomic mass is 16.5. The Morgan fingerprint density at radius 1 is 1.19 bits per heavy atom. The summed E-state index contributed by atoms with van der Waals surface area (Å²) < 4.78 is 5.31. The number of amides is 2. The van der Waals surface area contributed by atoms with E-state index in [-0.39, 0.29) is 18.4 Å². The molecule has 1 aliphatic heterocycles. The number of aromatic nitrogens is 3. The second-order valence-electron chi connectivity index (χ2n) is 7.21. The molecule has 3 heterocycles. The lowest BCUT2D eigenvalue weighted by atomic mass is 10.1. The van der Waals surface area contributed by atoms with Crippen molar-refractivity contribution in [1.29, 1.82) is 0 Å². The predicted octanol–water partition coefficient (Wildman–Crippen LogP) is 2.25. The van der Waals surface area contributed by atoms with Gasteiger partial charge in [-0.3, -0.25) is 14.6 Å². The van der Waals surface area contributed by atoms with E-state index < -0.39 is 0 Å². The van der Waals surface area contributed by atoms with Crippen molar-refractivity contribution in [3.05, 3.63) is 71.8 Å². The second kappa shape index (κ2) is 9.34. The molecule has 0 saturated carbocycles. The topological polar surface area (TPSA) is 97.3 Å². The molecule has 0 spiro atoms. The second-order valence-corrected chi connectivity index (χ2v) is 7.21. The lowest BCUT2D eigenvalue weighted by molar-refractivity contribution is -0.122. The Hall–Kier alpha value is -3.81. The maximum Gasteiger partial charge on any atom is 0.257 e. The maximum absolute atomic E-state index is 13.0. The van der Waals surface area contributed by atoms with Crippen molar-refractivity contribution in [3.8, 4) is 17.1 Å². The van der Waals surface area contributed by atoms with Crippen LogP contribution in [0, 0.1) is 0 Å². The van der Waals surface area contributed by atoms with Crippen LogP contribution in [0.1, 0.15) is 28.0 Å². The number of hydrogen-bond donors (Lipinski definition) is 1. The summed E-state index contributed by atoms with van der Waals surface area (Å²) in [6.45, 7) is 0.807. The van der Waals surface area contributed by atoms with Gasteiger partial charge in [0.05, 0.1) is 24.9 Å². The zero-order valence-electron chi connectivity index (χ0n) is 17.2. The lowest BCUT2D eigenvalue weighted by Crippen LogP contribution is -2.40. The maximum atomic E-state index is 13.0. The van der Waals surface area contributed by atoms with Crippen LogP contribution >= 0.6 is 0 Å². The zero-order valence-corrected chi connectivity index (χ0v) is 17.2. The Kier molecular flexibility index (Phi) is 6.16. The van der Waals surface area contributed by atoms with Crippen LogP contribution in [0.3, 0.4) is 0 Å². The Bertz CT molecular complexity index is 1090. The summed E-state index contributed by atoms with van der Waals surface area (Å²) in [5.41, 5.74) is 2.89. The third-order valence-electron chi connectivity index (χ3n) is 5.17. The fourth-order valence-electron chi connectivity index (χ4n) is 3.56. The molecule has 1 aromatic carbocycles.